The second-order valence-corrected chi connectivity index (χ2v) is 4.23. The Kier molecular flexibility index (Phi) is 2.75. The Morgan fingerprint density at radius 2 is 2.05 bits per heavy atom. The molecule has 2 aromatic heterocycles. The highest BCUT2D eigenvalue weighted by molar-refractivity contribution is 5.90. The standard InChI is InChI=1S/C13H7F3N2O3/c14-13(15,16)11-8(12(19)20)6-17-18(11)9-2-1-3-10-7(9)4-5-21-10/h1-6H,(H,19,20). The molecule has 0 unspecified atom stereocenters. The van der Waals surface area contributed by atoms with Gasteiger partial charge in [-0.25, -0.2) is 9.48 Å². The van der Waals surface area contributed by atoms with Crippen LogP contribution in [0, 0.1) is 0 Å². The van der Waals surface area contributed by atoms with E-state index in [9.17, 15) is 18.0 Å². The van der Waals surface area contributed by atoms with Gasteiger partial charge in [0.15, 0.2) is 5.69 Å². The Bertz CT molecular complexity index is 833. The van der Waals surface area contributed by atoms with E-state index in [2.05, 4.69) is 5.10 Å². The molecule has 0 aliphatic heterocycles. The number of hydrogen-bond acceptors (Lipinski definition) is 3. The summed E-state index contributed by atoms with van der Waals surface area (Å²) >= 11 is 0. The van der Waals surface area contributed by atoms with Crippen LogP contribution in [0.25, 0.3) is 16.7 Å². The van der Waals surface area contributed by atoms with E-state index in [0.29, 0.717) is 21.8 Å². The smallest absolute Gasteiger partial charge is 0.434 e. The molecule has 3 rings (SSSR count). The minimum absolute atomic E-state index is 0.0982. The molecule has 0 spiro atoms. The summed E-state index contributed by atoms with van der Waals surface area (Å²) in [4.78, 5) is 11.0. The zero-order valence-electron chi connectivity index (χ0n) is 10.3. The summed E-state index contributed by atoms with van der Waals surface area (Å²) in [5, 5.41) is 12.9. The van der Waals surface area contributed by atoms with Gasteiger partial charge in [-0.15, -0.1) is 0 Å². The Morgan fingerprint density at radius 1 is 1.29 bits per heavy atom. The molecule has 0 aliphatic carbocycles. The molecule has 0 fully saturated rings. The SMILES string of the molecule is O=C(O)c1cnn(-c2cccc3occc23)c1C(F)(F)F. The predicted molar refractivity (Wildman–Crippen MR) is 65.3 cm³/mol. The van der Waals surface area contributed by atoms with Crippen molar-refractivity contribution in [2.75, 3.05) is 0 Å². The number of furan rings is 1. The molecule has 0 amide bonds. The van der Waals surface area contributed by atoms with Crippen molar-refractivity contribution in [1.82, 2.24) is 9.78 Å². The van der Waals surface area contributed by atoms with Gasteiger partial charge in [0.1, 0.15) is 11.1 Å². The number of halogens is 3. The Morgan fingerprint density at radius 3 is 2.71 bits per heavy atom. The quantitative estimate of drug-likeness (QED) is 0.787. The summed E-state index contributed by atoms with van der Waals surface area (Å²) in [6, 6.07) is 6.00. The average Bonchev–Trinajstić information content (AvgIpc) is 3.04. The summed E-state index contributed by atoms with van der Waals surface area (Å²) in [7, 11) is 0. The lowest BCUT2D eigenvalue weighted by molar-refractivity contribution is -0.143. The van der Waals surface area contributed by atoms with Crippen LogP contribution < -0.4 is 0 Å². The van der Waals surface area contributed by atoms with Gasteiger partial charge in [0.2, 0.25) is 0 Å². The maximum absolute atomic E-state index is 13.2. The van der Waals surface area contributed by atoms with E-state index in [1.165, 1.54) is 24.5 Å². The van der Waals surface area contributed by atoms with E-state index in [1.54, 1.807) is 6.07 Å². The lowest BCUT2D eigenvalue weighted by atomic mass is 10.2. The van der Waals surface area contributed by atoms with Crippen molar-refractivity contribution in [2.24, 2.45) is 0 Å². The van der Waals surface area contributed by atoms with Crippen molar-refractivity contribution in [2.45, 2.75) is 6.18 Å². The third-order valence-corrected chi connectivity index (χ3v) is 2.97. The molecule has 0 aliphatic rings. The predicted octanol–water partition coefficient (Wildman–Crippen LogP) is 3.34. The minimum Gasteiger partial charge on any atom is -0.478 e. The van der Waals surface area contributed by atoms with Crippen molar-refractivity contribution >= 4 is 16.9 Å². The molecule has 0 bridgehead atoms. The van der Waals surface area contributed by atoms with Crippen LogP contribution in [0.15, 0.2) is 41.1 Å². The van der Waals surface area contributed by atoms with Gasteiger partial charge in [-0.2, -0.15) is 18.3 Å². The Labute approximate surface area is 115 Å². The van der Waals surface area contributed by atoms with Crippen molar-refractivity contribution in [1.29, 1.82) is 0 Å². The first-order valence-corrected chi connectivity index (χ1v) is 5.74. The molecular weight excluding hydrogens is 289 g/mol. The van der Waals surface area contributed by atoms with Gasteiger partial charge in [0.25, 0.3) is 0 Å². The topological polar surface area (TPSA) is 68.3 Å². The fourth-order valence-corrected chi connectivity index (χ4v) is 2.12. The number of nitrogens with zero attached hydrogens (tertiary/aromatic N) is 2. The van der Waals surface area contributed by atoms with Gasteiger partial charge in [-0.1, -0.05) is 6.07 Å². The van der Waals surface area contributed by atoms with Gasteiger partial charge >= 0.3 is 12.1 Å². The highest BCUT2D eigenvalue weighted by atomic mass is 19.4. The molecule has 1 aromatic carbocycles. The Hall–Kier alpha value is -2.77. The number of fused-ring (bicyclic) bond motifs is 1. The highest BCUT2D eigenvalue weighted by Crippen LogP contribution is 2.35. The average molecular weight is 296 g/mol. The van der Waals surface area contributed by atoms with Crippen molar-refractivity contribution < 1.29 is 27.5 Å². The molecule has 1 N–H and O–H groups in total. The van der Waals surface area contributed by atoms with Gasteiger partial charge in [-0.05, 0) is 18.2 Å². The Balaban J connectivity index is 2.33. The molecule has 21 heavy (non-hydrogen) atoms. The fourth-order valence-electron chi connectivity index (χ4n) is 2.12. The molecule has 8 heteroatoms. The first-order chi connectivity index (χ1) is 9.89. The molecule has 0 saturated heterocycles. The second kappa shape index (κ2) is 4.37. The van der Waals surface area contributed by atoms with Gasteiger partial charge in [-0.3, -0.25) is 0 Å². The number of benzene rings is 1. The van der Waals surface area contributed by atoms with Crippen LogP contribution in [-0.2, 0) is 6.18 Å². The van der Waals surface area contributed by atoms with Crippen LogP contribution in [0.1, 0.15) is 16.1 Å². The van der Waals surface area contributed by atoms with E-state index < -0.39 is 23.4 Å². The molecule has 108 valence electrons. The van der Waals surface area contributed by atoms with Crippen LogP contribution in [0.5, 0.6) is 0 Å². The first-order valence-electron chi connectivity index (χ1n) is 5.74. The third-order valence-electron chi connectivity index (χ3n) is 2.97. The third kappa shape index (κ3) is 2.04. The highest BCUT2D eigenvalue weighted by Gasteiger charge is 2.40. The molecule has 2 heterocycles. The number of hydrogen-bond donors (Lipinski definition) is 1. The summed E-state index contributed by atoms with van der Waals surface area (Å²) in [6.07, 6.45) is -2.83. The number of carboxylic acid groups (broad SMARTS) is 1. The van der Waals surface area contributed by atoms with Crippen molar-refractivity contribution in [3.8, 4) is 5.69 Å². The number of carbonyl (C=O) groups is 1. The molecular formula is C13H7F3N2O3. The number of alkyl halides is 3. The maximum atomic E-state index is 13.2. The van der Waals surface area contributed by atoms with Gasteiger partial charge in [0, 0.05) is 5.39 Å². The van der Waals surface area contributed by atoms with E-state index >= 15 is 0 Å². The van der Waals surface area contributed by atoms with Crippen LogP contribution in [0.4, 0.5) is 13.2 Å². The van der Waals surface area contributed by atoms with Crippen LogP contribution in [-0.4, -0.2) is 20.9 Å². The van der Waals surface area contributed by atoms with E-state index in [1.807, 2.05) is 0 Å². The van der Waals surface area contributed by atoms with Crippen LogP contribution in [0.2, 0.25) is 0 Å². The summed E-state index contributed by atoms with van der Waals surface area (Å²) < 4.78 is 45.2. The summed E-state index contributed by atoms with van der Waals surface area (Å²) in [5.41, 5.74) is -1.75. The van der Waals surface area contributed by atoms with E-state index in [0.717, 1.165) is 0 Å². The van der Waals surface area contributed by atoms with E-state index in [-0.39, 0.29) is 5.69 Å². The number of aromatic carboxylic acids is 1. The molecule has 0 radical (unpaired) electrons. The minimum atomic E-state index is -4.85. The lowest BCUT2D eigenvalue weighted by Gasteiger charge is -2.12. The number of rotatable bonds is 2. The fraction of sp³-hybridized carbons (Fsp3) is 0.0769. The molecule has 0 atom stereocenters. The molecule has 0 saturated carbocycles. The number of aromatic nitrogens is 2. The monoisotopic (exact) mass is 296 g/mol. The lowest BCUT2D eigenvalue weighted by Crippen LogP contribution is -2.17. The van der Waals surface area contributed by atoms with Gasteiger partial charge in [0.05, 0.1) is 18.1 Å². The van der Waals surface area contributed by atoms with Gasteiger partial charge < -0.3 is 9.52 Å². The first kappa shape index (κ1) is 13.2. The van der Waals surface area contributed by atoms with Crippen molar-refractivity contribution in [3.05, 3.63) is 48.0 Å². The zero-order valence-corrected chi connectivity index (χ0v) is 10.3. The van der Waals surface area contributed by atoms with Crippen LogP contribution in [0.3, 0.4) is 0 Å². The summed E-state index contributed by atoms with van der Waals surface area (Å²) in [6.45, 7) is 0. The molecule has 3 aromatic rings. The zero-order chi connectivity index (χ0) is 15.2. The largest absolute Gasteiger partial charge is 0.478 e. The second-order valence-electron chi connectivity index (χ2n) is 4.23. The normalized spacial score (nSPS) is 12.0. The number of carboxylic acids is 1. The maximum Gasteiger partial charge on any atom is 0.434 e. The van der Waals surface area contributed by atoms with E-state index in [4.69, 9.17) is 9.52 Å². The molecule has 5 nitrogen and oxygen atoms in total. The van der Waals surface area contributed by atoms with Crippen LogP contribution >= 0.6 is 0 Å². The van der Waals surface area contributed by atoms with Crippen molar-refractivity contribution in [3.63, 3.8) is 0 Å². The summed E-state index contributed by atoms with van der Waals surface area (Å²) in [5.74, 6) is -1.69.